The second-order valence-corrected chi connectivity index (χ2v) is 7.36. The Hall–Kier alpha value is -3.87. The Balaban J connectivity index is 1.71. The monoisotopic (exact) mass is 418 g/mol. The van der Waals surface area contributed by atoms with E-state index in [2.05, 4.69) is 9.97 Å². The number of fused-ring (bicyclic) bond motifs is 1. The molecule has 31 heavy (non-hydrogen) atoms. The Morgan fingerprint density at radius 1 is 1.03 bits per heavy atom. The number of carbonyl (C=O) groups is 1. The van der Waals surface area contributed by atoms with Gasteiger partial charge in [-0.15, -0.1) is 0 Å². The van der Waals surface area contributed by atoms with Gasteiger partial charge >= 0.3 is 0 Å². The lowest BCUT2D eigenvalue weighted by Gasteiger charge is -2.23. The van der Waals surface area contributed by atoms with Crippen molar-refractivity contribution in [3.05, 3.63) is 101 Å². The maximum atomic E-state index is 14.3. The summed E-state index contributed by atoms with van der Waals surface area (Å²) in [5.74, 6) is -0.789. The fourth-order valence-corrected chi connectivity index (χ4v) is 3.41. The van der Waals surface area contributed by atoms with Crippen LogP contribution in [0.3, 0.4) is 0 Å². The number of aromatic nitrogens is 2. The minimum atomic E-state index is -0.499. The van der Waals surface area contributed by atoms with Gasteiger partial charge in [-0.05, 0) is 54.4 Å². The van der Waals surface area contributed by atoms with Gasteiger partial charge in [0.25, 0.3) is 5.91 Å². The number of nitrogens with zero attached hydrogens (tertiary/aromatic N) is 3. The molecule has 4 rings (SSSR count). The van der Waals surface area contributed by atoms with Crippen molar-refractivity contribution in [3.63, 3.8) is 0 Å². The highest BCUT2D eigenvalue weighted by molar-refractivity contribution is 5.98. The van der Waals surface area contributed by atoms with Crippen LogP contribution in [0.4, 0.5) is 14.6 Å². The molecule has 0 aliphatic carbocycles. The minimum absolute atomic E-state index is 0.0269. The van der Waals surface area contributed by atoms with Crippen LogP contribution in [0.15, 0.2) is 67.0 Å². The summed E-state index contributed by atoms with van der Waals surface area (Å²) in [7, 11) is 0. The number of halogens is 2. The molecule has 0 spiro atoms. The number of hydrogen-bond donors (Lipinski definition) is 1. The third kappa shape index (κ3) is 4.50. The van der Waals surface area contributed by atoms with E-state index in [0.717, 1.165) is 17.1 Å². The van der Waals surface area contributed by atoms with Crippen LogP contribution in [0.1, 0.15) is 27.0 Å². The van der Waals surface area contributed by atoms with Crippen LogP contribution in [0.2, 0.25) is 0 Å². The maximum absolute atomic E-state index is 14.3. The minimum Gasteiger partial charge on any atom is -0.383 e. The van der Waals surface area contributed by atoms with Gasteiger partial charge in [-0.25, -0.2) is 13.8 Å². The SMILES string of the molecule is Cc1cc2cc(C(=O)N(Cc3cncc(F)c3)Cc3ccccc3F)ccc2nc1N. The second kappa shape index (κ2) is 8.47. The van der Waals surface area contributed by atoms with Gasteiger partial charge < -0.3 is 10.6 Å². The Bertz CT molecular complexity index is 1280. The fourth-order valence-electron chi connectivity index (χ4n) is 3.41. The quantitative estimate of drug-likeness (QED) is 0.512. The zero-order valence-corrected chi connectivity index (χ0v) is 16.8. The van der Waals surface area contributed by atoms with E-state index in [9.17, 15) is 13.6 Å². The molecule has 0 saturated carbocycles. The van der Waals surface area contributed by atoms with Gasteiger partial charge in [-0.2, -0.15) is 0 Å². The van der Waals surface area contributed by atoms with E-state index in [1.807, 2.05) is 13.0 Å². The van der Waals surface area contributed by atoms with Gasteiger partial charge in [-0.3, -0.25) is 9.78 Å². The molecular weight excluding hydrogens is 398 g/mol. The van der Waals surface area contributed by atoms with Crippen molar-refractivity contribution < 1.29 is 13.6 Å². The number of hydrogen-bond acceptors (Lipinski definition) is 4. The normalized spacial score (nSPS) is 10.9. The molecule has 0 aliphatic rings. The summed E-state index contributed by atoms with van der Waals surface area (Å²) in [6.45, 7) is 1.95. The summed E-state index contributed by atoms with van der Waals surface area (Å²) in [6, 6.07) is 14.6. The lowest BCUT2D eigenvalue weighted by Crippen LogP contribution is -2.30. The molecule has 2 aromatic carbocycles. The summed E-state index contributed by atoms with van der Waals surface area (Å²) in [4.78, 5) is 23.0. The number of nitrogens with two attached hydrogens (primary N) is 1. The zero-order valence-electron chi connectivity index (χ0n) is 16.8. The molecule has 4 aromatic rings. The van der Waals surface area contributed by atoms with Crippen molar-refractivity contribution in [1.29, 1.82) is 0 Å². The van der Waals surface area contributed by atoms with Crippen LogP contribution < -0.4 is 5.73 Å². The number of benzene rings is 2. The highest BCUT2D eigenvalue weighted by Gasteiger charge is 2.19. The maximum Gasteiger partial charge on any atom is 0.254 e. The van der Waals surface area contributed by atoms with Gasteiger partial charge in [0, 0.05) is 35.8 Å². The van der Waals surface area contributed by atoms with Crippen LogP contribution in [-0.2, 0) is 13.1 Å². The van der Waals surface area contributed by atoms with Gasteiger partial charge in [0.2, 0.25) is 0 Å². The van der Waals surface area contributed by atoms with Crippen molar-refractivity contribution >= 4 is 22.6 Å². The number of amides is 1. The summed E-state index contributed by atoms with van der Waals surface area (Å²) in [6.07, 6.45) is 2.58. The molecule has 1 amide bonds. The van der Waals surface area contributed by atoms with Crippen LogP contribution in [0.25, 0.3) is 10.9 Å². The molecule has 0 bridgehead atoms. The third-order valence-corrected chi connectivity index (χ3v) is 5.03. The lowest BCUT2D eigenvalue weighted by atomic mass is 10.1. The lowest BCUT2D eigenvalue weighted by molar-refractivity contribution is 0.0728. The van der Waals surface area contributed by atoms with Gasteiger partial charge in [0.05, 0.1) is 11.7 Å². The zero-order chi connectivity index (χ0) is 22.0. The predicted octanol–water partition coefficient (Wildman–Crippen LogP) is 4.64. The standard InChI is InChI=1S/C24H20F2N4O/c1-15-8-19-10-17(6-7-22(19)29-23(15)27)24(31)30(13-16-9-20(25)12-28-11-16)14-18-4-2-3-5-21(18)26/h2-12H,13-14H2,1H3,(H2,27,29). The third-order valence-electron chi connectivity index (χ3n) is 5.03. The first-order valence-corrected chi connectivity index (χ1v) is 9.69. The van der Waals surface area contributed by atoms with Gasteiger partial charge in [-0.1, -0.05) is 18.2 Å². The summed E-state index contributed by atoms with van der Waals surface area (Å²) < 4.78 is 27.9. The molecule has 2 aromatic heterocycles. The van der Waals surface area contributed by atoms with Crippen molar-refractivity contribution in [2.45, 2.75) is 20.0 Å². The van der Waals surface area contributed by atoms with Gasteiger partial charge in [0.1, 0.15) is 17.5 Å². The van der Waals surface area contributed by atoms with Crippen molar-refractivity contribution in [1.82, 2.24) is 14.9 Å². The smallest absolute Gasteiger partial charge is 0.254 e. The molecule has 0 radical (unpaired) electrons. The Morgan fingerprint density at radius 2 is 1.84 bits per heavy atom. The van der Waals surface area contributed by atoms with E-state index in [4.69, 9.17) is 5.73 Å². The molecule has 5 nitrogen and oxygen atoms in total. The number of aryl methyl sites for hydroxylation is 1. The van der Waals surface area contributed by atoms with Crippen molar-refractivity contribution in [2.75, 3.05) is 5.73 Å². The molecule has 0 fully saturated rings. The summed E-state index contributed by atoms with van der Waals surface area (Å²) in [5, 5.41) is 0.774. The van der Waals surface area contributed by atoms with E-state index < -0.39 is 11.6 Å². The van der Waals surface area contributed by atoms with Crippen LogP contribution >= 0.6 is 0 Å². The highest BCUT2D eigenvalue weighted by atomic mass is 19.1. The molecule has 7 heteroatoms. The molecule has 2 heterocycles. The van der Waals surface area contributed by atoms with E-state index in [1.54, 1.807) is 36.4 Å². The molecule has 0 saturated heterocycles. The Morgan fingerprint density at radius 3 is 2.61 bits per heavy atom. The average Bonchev–Trinajstić information content (AvgIpc) is 2.75. The van der Waals surface area contributed by atoms with E-state index in [1.165, 1.54) is 23.2 Å². The topological polar surface area (TPSA) is 72.1 Å². The number of anilines is 1. The molecule has 0 unspecified atom stereocenters. The van der Waals surface area contributed by atoms with Crippen molar-refractivity contribution in [3.8, 4) is 0 Å². The molecule has 0 atom stereocenters. The number of pyridine rings is 2. The van der Waals surface area contributed by atoms with E-state index in [0.29, 0.717) is 28.0 Å². The Kier molecular flexibility index (Phi) is 5.58. The van der Waals surface area contributed by atoms with Crippen LogP contribution in [0.5, 0.6) is 0 Å². The summed E-state index contributed by atoms with van der Waals surface area (Å²) >= 11 is 0. The highest BCUT2D eigenvalue weighted by Crippen LogP contribution is 2.22. The molecule has 2 N–H and O–H groups in total. The molecular formula is C24H20F2N4O. The molecule has 156 valence electrons. The van der Waals surface area contributed by atoms with Crippen molar-refractivity contribution in [2.24, 2.45) is 0 Å². The summed E-state index contributed by atoms with van der Waals surface area (Å²) in [5.41, 5.74) is 8.65. The molecule has 0 aliphatic heterocycles. The largest absolute Gasteiger partial charge is 0.383 e. The number of nitrogen functional groups attached to an aromatic ring is 1. The number of rotatable bonds is 5. The van der Waals surface area contributed by atoms with Gasteiger partial charge in [0.15, 0.2) is 0 Å². The first-order chi connectivity index (χ1) is 14.9. The predicted molar refractivity (Wildman–Crippen MR) is 115 cm³/mol. The first-order valence-electron chi connectivity index (χ1n) is 9.69. The number of carbonyl (C=O) groups excluding carboxylic acids is 1. The van der Waals surface area contributed by atoms with E-state index in [-0.39, 0.29) is 19.0 Å². The van der Waals surface area contributed by atoms with Crippen LogP contribution in [-0.4, -0.2) is 20.8 Å². The van der Waals surface area contributed by atoms with Crippen LogP contribution in [0, 0.1) is 18.6 Å². The fraction of sp³-hybridized carbons (Fsp3) is 0.125. The first kappa shape index (κ1) is 20.4. The van der Waals surface area contributed by atoms with E-state index >= 15 is 0 Å². The average molecular weight is 418 g/mol. The second-order valence-electron chi connectivity index (χ2n) is 7.36. The Labute approximate surface area is 178 Å².